The molecule has 7 nitrogen and oxygen atoms in total. The molecule has 0 bridgehead atoms. The predicted octanol–water partition coefficient (Wildman–Crippen LogP) is 1.14. The van der Waals surface area contributed by atoms with Crippen LogP contribution in [-0.2, 0) is 6.54 Å². The fraction of sp³-hybridized carbons (Fsp3) is 0.231. The van der Waals surface area contributed by atoms with E-state index in [0.29, 0.717) is 18.1 Å². The summed E-state index contributed by atoms with van der Waals surface area (Å²) in [6.45, 7) is 2.19. The van der Waals surface area contributed by atoms with Crippen LogP contribution in [0.15, 0.2) is 29.8 Å². The first-order valence-corrected chi connectivity index (χ1v) is 7.32. The summed E-state index contributed by atoms with van der Waals surface area (Å²) in [6.07, 6.45) is 1.86. The first-order chi connectivity index (χ1) is 10.2. The molecule has 0 radical (unpaired) electrons. The van der Waals surface area contributed by atoms with E-state index < -0.39 is 0 Å². The Balaban J connectivity index is 1.79. The molecule has 8 heteroatoms. The SMILES string of the molecule is CC(NC(=O)c1csc(CN)n1)c1nnc2ccccn12. The summed E-state index contributed by atoms with van der Waals surface area (Å²) < 4.78 is 1.84. The molecule has 0 aliphatic heterocycles. The number of rotatable bonds is 4. The number of nitrogens with one attached hydrogen (secondary N) is 1. The first-order valence-electron chi connectivity index (χ1n) is 6.44. The Bertz CT molecular complexity index is 780. The van der Waals surface area contributed by atoms with Gasteiger partial charge in [0.05, 0.1) is 6.04 Å². The van der Waals surface area contributed by atoms with Crippen molar-refractivity contribution in [1.29, 1.82) is 0 Å². The van der Waals surface area contributed by atoms with Crippen molar-refractivity contribution in [2.75, 3.05) is 0 Å². The topological polar surface area (TPSA) is 98.2 Å². The molecule has 0 aromatic carbocycles. The van der Waals surface area contributed by atoms with Crippen molar-refractivity contribution in [2.24, 2.45) is 5.73 Å². The van der Waals surface area contributed by atoms with Gasteiger partial charge in [-0.05, 0) is 19.1 Å². The second-order valence-electron chi connectivity index (χ2n) is 4.51. The number of pyridine rings is 1. The molecule has 1 amide bonds. The van der Waals surface area contributed by atoms with Crippen LogP contribution in [-0.4, -0.2) is 25.5 Å². The van der Waals surface area contributed by atoms with E-state index in [-0.39, 0.29) is 11.9 Å². The maximum atomic E-state index is 12.2. The first kappa shape index (κ1) is 13.7. The molecule has 3 aromatic rings. The standard InChI is InChI=1S/C13H14N6OS/c1-8(12-18-17-10-4-2-3-5-19(10)12)15-13(20)9-7-21-11(6-14)16-9/h2-5,7-8H,6,14H2,1H3,(H,15,20). The lowest BCUT2D eigenvalue weighted by molar-refractivity contribution is 0.0933. The average Bonchev–Trinajstić information content (AvgIpc) is 3.14. The predicted molar refractivity (Wildman–Crippen MR) is 78.9 cm³/mol. The van der Waals surface area contributed by atoms with Crippen molar-refractivity contribution >= 4 is 22.9 Å². The van der Waals surface area contributed by atoms with Crippen LogP contribution < -0.4 is 11.1 Å². The lowest BCUT2D eigenvalue weighted by Crippen LogP contribution is -2.28. The zero-order chi connectivity index (χ0) is 14.8. The maximum Gasteiger partial charge on any atom is 0.271 e. The number of amides is 1. The van der Waals surface area contributed by atoms with Gasteiger partial charge >= 0.3 is 0 Å². The van der Waals surface area contributed by atoms with Gasteiger partial charge in [-0.25, -0.2) is 4.98 Å². The molecule has 108 valence electrons. The molecular weight excluding hydrogens is 288 g/mol. The summed E-state index contributed by atoms with van der Waals surface area (Å²) in [6, 6.07) is 5.36. The average molecular weight is 302 g/mol. The molecule has 0 saturated heterocycles. The summed E-state index contributed by atoms with van der Waals surface area (Å²) in [5.41, 5.74) is 6.62. The Kier molecular flexibility index (Phi) is 3.63. The maximum absolute atomic E-state index is 12.2. The second-order valence-corrected chi connectivity index (χ2v) is 5.46. The summed E-state index contributed by atoms with van der Waals surface area (Å²) in [5.74, 6) is 0.430. The number of hydrogen-bond donors (Lipinski definition) is 2. The normalized spacial score (nSPS) is 12.5. The van der Waals surface area contributed by atoms with Gasteiger partial charge in [-0.15, -0.1) is 21.5 Å². The van der Waals surface area contributed by atoms with Gasteiger partial charge in [0, 0.05) is 18.1 Å². The van der Waals surface area contributed by atoms with Gasteiger partial charge < -0.3 is 11.1 Å². The zero-order valence-corrected chi connectivity index (χ0v) is 12.2. The highest BCUT2D eigenvalue weighted by atomic mass is 32.1. The fourth-order valence-corrected chi connectivity index (χ4v) is 2.65. The van der Waals surface area contributed by atoms with E-state index in [0.717, 1.165) is 10.7 Å². The van der Waals surface area contributed by atoms with Gasteiger partial charge in [0.25, 0.3) is 5.91 Å². The highest BCUT2D eigenvalue weighted by Gasteiger charge is 2.18. The number of fused-ring (bicyclic) bond motifs is 1. The van der Waals surface area contributed by atoms with Crippen LogP contribution in [0.3, 0.4) is 0 Å². The van der Waals surface area contributed by atoms with Crippen LogP contribution in [0, 0.1) is 0 Å². The van der Waals surface area contributed by atoms with Crippen molar-refractivity contribution in [3.8, 4) is 0 Å². The molecule has 1 atom stereocenters. The van der Waals surface area contributed by atoms with Crippen molar-refractivity contribution in [1.82, 2.24) is 24.9 Å². The van der Waals surface area contributed by atoms with Crippen LogP contribution in [0.1, 0.15) is 34.3 Å². The van der Waals surface area contributed by atoms with E-state index in [1.54, 1.807) is 5.38 Å². The van der Waals surface area contributed by atoms with E-state index in [2.05, 4.69) is 20.5 Å². The highest BCUT2D eigenvalue weighted by Crippen LogP contribution is 2.14. The fourth-order valence-electron chi connectivity index (χ4n) is 2.00. The smallest absolute Gasteiger partial charge is 0.271 e. The van der Waals surface area contributed by atoms with Crippen LogP contribution in [0.25, 0.3) is 5.65 Å². The number of hydrogen-bond acceptors (Lipinski definition) is 6. The summed E-state index contributed by atoms with van der Waals surface area (Å²) in [5, 5.41) is 13.5. The van der Waals surface area contributed by atoms with Crippen molar-refractivity contribution in [3.05, 3.63) is 46.3 Å². The summed E-state index contributed by atoms with van der Waals surface area (Å²) in [4.78, 5) is 16.3. The molecular formula is C13H14N6OS. The zero-order valence-electron chi connectivity index (χ0n) is 11.4. The third-order valence-electron chi connectivity index (χ3n) is 3.03. The van der Waals surface area contributed by atoms with E-state index in [1.165, 1.54) is 11.3 Å². The second kappa shape index (κ2) is 5.58. The Morgan fingerprint density at radius 3 is 3.10 bits per heavy atom. The van der Waals surface area contributed by atoms with Crippen LogP contribution >= 0.6 is 11.3 Å². The van der Waals surface area contributed by atoms with Crippen molar-refractivity contribution < 1.29 is 4.79 Å². The minimum Gasteiger partial charge on any atom is -0.341 e. The molecule has 0 aliphatic carbocycles. The lowest BCUT2D eigenvalue weighted by Gasteiger charge is -2.11. The Labute approximate surface area is 124 Å². The molecule has 1 unspecified atom stereocenters. The largest absolute Gasteiger partial charge is 0.341 e. The van der Waals surface area contributed by atoms with Crippen LogP contribution in [0.5, 0.6) is 0 Å². The summed E-state index contributed by atoms with van der Waals surface area (Å²) >= 11 is 1.37. The summed E-state index contributed by atoms with van der Waals surface area (Å²) in [7, 11) is 0. The molecule has 3 aromatic heterocycles. The van der Waals surface area contributed by atoms with Gasteiger partial charge in [-0.3, -0.25) is 9.20 Å². The number of carbonyl (C=O) groups is 1. The molecule has 21 heavy (non-hydrogen) atoms. The van der Waals surface area contributed by atoms with E-state index in [4.69, 9.17) is 5.73 Å². The monoisotopic (exact) mass is 302 g/mol. The van der Waals surface area contributed by atoms with Crippen molar-refractivity contribution in [3.63, 3.8) is 0 Å². The Hall–Kier alpha value is -2.32. The number of nitrogens with zero attached hydrogens (tertiary/aromatic N) is 4. The highest BCUT2D eigenvalue weighted by molar-refractivity contribution is 7.09. The quantitative estimate of drug-likeness (QED) is 0.753. The Morgan fingerprint density at radius 1 is 1.48 bits per heavy atom. The minimum absolute atomic E-state index is 0.244. The molecule has 3 rings (SSSR count). The molecule has 0 fully saturated rings. The third kappa shape index (κ3) is 2.63. The number of aromatic nitrogens is 4. The van der Waals surface area contributed by atoms with Crippen molar-refractivity contribution in [2.45, 2.75) is 19.5 Å². The van der Waals surface area contributed by atoms with Gasteiger partial charge in [-0.2, -0.15) is 0 Å². The van der Waals surface area contributed by atoms with E-state index in [1.807, 2.05) is 35.7 Å². The molecule has 0 aliphatic rings. The lowest BCUT2D eigenvalue weighted by atomic mass is 10.3. The van der Waals surface area contributed by atoms with E-state index in [9.17, 15) is 4.79 Å². The van der Waals surface area contributed by atoms with Crippen LogP contribution in [0.4, 0.5) is 0 Å². The van der Waals surface area contributed by atoms with Gasteiger partial charge in [0.15, 0.2) is 11.5 Å². The Morgan fingerprint density at radius 2 is 2.33 bits per heavy atom. The van der Waals surface area contributed by atoms with Crippen LogP contribution in [0.2, 0.25) is 0 Å². The van der Waals surface area contributed by atoms with Gasteiger partial charge in [0.1, 0.15) is 10.7 Å². The van der Waals surface area contributed by atoms with Gasteiger partial charge in [0.2, 0.25) is 0 Å². The number of carbonyl (C=O) groups excluding carboxylic acids is 1. The number of nitrogens with two attached hydrogens (primary N) is 1. The molecule has 3 heterocycles. The molecule has 0 spiro atoms. The molecule has 3 N–H and O–H groups in total. The third-order valence-corrected chi connectivity index (χ3v) is 3.91. The van der Waals surface area contributed by atoms with Gasteiger partial charge in [-0.1, -0.05) is 6.07 Å². The number of thiazole rings is 1. The minimum atomic E-state index is -0.280. The van der Waals surface area contributed by atoms with E-state index >= 15 is 0 Å². The molecule has 0 saturated carbocycles.